The molecule has 0 bridgehead atoms. The Morgan fingerprint density at radius 1 is 1.31 bits per heavy atom. The summed E-state index contributed by atoms with van der Waals surface area (Å²) in [6.07, 6.45) is 2.07. The van der Waals surface area contributed by atoms with Crippen LogP contribution in [0.3, 0.4) is 0 Å². The van der Waals surface area contributed by atoms with Crippen molar-refractivity contribution < 1.29 is 9.84 Å². The molecule has 0 aromatic rings. The summed E-state index contributed by atoms with van der Waals surface area (Å²) < 4.78 is 5.72. The van der Waals surface area contributed by atoms with Gasteiger partial charge in [-0.3, -0.25) is 0 Å². The second kappa shape index (κ2) is 7.25. The van der Waals surface area contributed by atoms with Crippen molar-refractivity contribution in [2.75, 3.05) is 13.2 Å². The SMILES string of the molecule is CCCC(C)COC(CO)C(N)C(C)(C)C. The summed E-state index contributed by atoms with van der Waals surface area (Å²) in [6, 6.07) is -0.133. The number of rotatable bonds is 7. The van der Waals surface area contributed by atoms with Crippen LogP contribution in [0, 0.1) is 11.3 Å². The van der Waals surface area contributed by atoms with E-state index in [2.05, 4.69) is 34.6 Å². The van der Waals surface area contributed by atoms with E-state index in [1.54, 1.807) is 0 Å². The van der Waals surface area contributed by atoms with Crippen LogP contribution in [0.4, 0.5) is 0 Å². The topological polar surface area (TPSA) is 55.5 Å². The first kappa shape index (κ1) is 15.9. The summed E-state index contributed by atoms with van der Waals surface area (Å²) in [4.78, 5) is 0. The maximum absolute atomic E-state index is 9.30. The van der Waals surface area contributed by atoms with Crippen LogP contribution in [-0.4, -0.2) is 30.5 Å². The Bertz CT molecular complexity index is 177. The highest BCUT2D eigenvalue weighted by Gasteiger charge is 2.29. The zero-order valence-corrected chi connectivity index (χ0v) is 11.5. The number of hydrogen-bond acceptors (Lipinski definition) is 3. The van der Waals surface area contributed by atoms with Crippen LogP contribution in [0.25, 0.3) is 0 Å². The van der Waals surface area contributed by atoms with Crippen LogP contribution >= 0.6 is 0 Å². The maximum Gasteiger partial charge on any atom is 0.0961 e. The van der Waals surface area contributed by atoms with E-state index in [0.29, 0.717) is 12.5 Å². The lowest BCUT2D eigenvalue weighted by atomic mass is 9.84. The summed E-state index contributed by atoms with van der Waals surface area (Å²) in [5.41, 5.74) is 6.04. The van der Waals surface area contributed by atoms with Gasteiger partial charge >= 0.3 is 0 Å². The lowest BCUT2D eigenvalue weighted by molar-refractivity contribution is -0.0368. The van der Waals surface area contributed by atoms with Crippen LogP contribution in [-0.2, 0) is 4.74 Å². The van der Waals surface area contributed by atoms with Gasteiger partial charge in [-0.15, -0.1) is 0 Å². The lowest BCUT2D eigenvalue weighted by Gasteiger charge is -2.33. The molecule has 3 atom stereocenters. The van der Waals surface area contributed by atoms with Gasteiger partial charge in [-0.2, -0.15) is 0 Å². The summed E-state index contributed by atoms with van der Waals surface area (Å²) in [5.74, 6) is 0.534. The molecule has 0 aliphatic rings. The van der Waals surface area contributed by atoms with Gasteiger partial charge in [0.05, 0.1) is 12.7 Å². The van der Waals surface area contributed by atoms with Crippen molar-refractivity contribution in [3.63, 3.8) is 0 Å². The van der Waals surface area contributed by atoms with Crippen molar-refractivity contribution in [3.05, 3.63) is 0 Å². The number of ether oxygens (including phenoxy) is 1. The molecular weight excluding hydrogens is 202 g/mol. The van der Waals surface area contributed by atoms with Crippen molar-refractivity contribution in [1.82, 2.24) is 0 Å². The molecule has 0 saturated carbocycles. The van der Waals surface area contributed by atoms with Gasteiger partial charge in [0.15, 0.2) is 0 Å². The zero-order valence-electron chi connectivity index (χ0n) is 11.5. The van der Waals surface area contributed by atoms with E-state index >= 15 is 0 Å². The Labute approximate surface area is 100 Å². The number of aliphatic hydroxyl groups excluding tert-OH is 1. The molecule has 0 amide bonds. The average Bonchev–Trinajstić information content (AvgIpc) is 2.17. The van der Waals surface area contributed by atoms with Crippen LogP contribution in [0.1, 0.15) is 47.5 Å². The molecule has 0 aliphatic heterocycles. The van der Waals surface area contributed by atoms with Crippen molar-refractivity contribution in [3.8, 4) is 0 Å². The largest absolute Gasteiger partial charge is 0.394 e. The molecule has 3 N–H and O–H groups in total. The van der Waals surface area contributed by atoms with E-state index < -0.39 is 0 Å². The Morgan fingerprint density at radius 2 is 1.88 bits per heavy atom. The summed E-state index contributed by atoms with van der Waals surface area (Å²) >= 11 is 0. The minimum Gasteiger partial charge on any atom is -0.394 e. The van der Waals surface area contributed by atoms with Gasteiger partial charge in [0.1, 0.15) is 0 Å². The van der Waals surface area contributed by atoms with Gasteiger partial charge in [0.25, 0.3) is 0 Å². The Hall–Kier alpha value is -0.120. The highest BCUT2D eigenvalue weighted by molar-refractivity contribution is 4.84. The summed E-state index contributed by atoms with van der Waals surface area (Å²) in [7, 11) is 0. The Balaban J connectivity index is 4.10. The first-order valence-electron chi connectivity index (χ1n) is 6.31. The van der Waals surface area contributed by atoms with Crippen LogP contribution in [0.5, 0.6) is 0 Å². The second-order valence-electron chi connectivity index (χ2n) is 5.84. The first-order chi connectivity index (χ1) is 7.32. The molecule has 98 valence electrons. The normalized spacial score (nSPS) is 18.2. The molecule has 0 spiro atoms. The average molecular weight is 231 g/mol. The monoisotopic (exact) mass is 231 g/mol. The zero-order chi connectivity index (χ0) is 12.8. The second-order valence-corrected chi connectivity index (χ2v) is 5.84. The minimum absolute atomic E-state index is 0.00270. The molecule has 3 heteroatoms. The molecule has 0 radical (unpaired) electrons. The van der Waals surface area contributed by atoms with Gasteiger partial charge in [0, 0.05) is 12.6 Å². The highest BCUT2D eigenvalue weighted by Crippen LogP contribution is 2.22. The third-order valence-electron chi connectivity index (χ3n) is 2.96. The third-order valence-corrected chi connectivity index (χ3v) is 2.96. The number of hydrogen-bond donors (Lipinski definition) is 2. The molecule has 0 heterocycles. The van der Waals surface area contributed by atoms with E-state index in [1.807, 2.05) is 0 Å². The molecular formula is C13H29NO2. The van der Waals surface area contributed by atoms with E-state index in [-0.39, 0.29) is 24.2 Å². The van der Waals surface area contributed by atoms with Crippen molar-refractivity contribution >= 4 is 0 Å². The predicted molar refractivity (Wildman–Crippen MR) is 68.3 cm³/mol. The van der Waals surface area contributed by atoms with Gasteiger partial charge in [0.2, 0.25) is 0 Å². The first-order valence-corrected chi connectivity index (χ1v) is 6.31. The van der Waals surface area contributed by atoms with Crippen molar-refractivity contribution in [2.24, 2.45) is 17.1 Å². The lowest BCUT2D eigenvalue weighted by Crippen LogP contribution is -2.48. The molecule has 16 heavy (non-hydrogen) atoms. The molecule has 3 unspecified atom stereocenters. The predicted octanol–water partition coefficient (Wildman–Crippen LogP) is 2.17. The van der Waals surface area contributed by atoms with E-state index in [0.717, 1.165) is 6.42 Å². The van der Waals surface area contributed by atoms with E-state index in [1.165, 1.54) is 6.42 Å². The summed E-state index contributed by atoms with van der Waals surface area (Å²) in [5, 5.41) is 9.30. The molecule has 0 fully saturated rings. The van der Waals surface area contributed by atoms with Gasteiger partial charge in [-0.25, -0.2) is 0 Å². The van der Waals surface area contributed by atoms with E-state index in [4.69, 9.17) is 10.5 Å². The van der Waals surface area contributed by atoms with Gasteiger partial charge in [-0.1, -0.05) is 41.0 Å². The molecule has 0 saturated heterocycles. The number of aliphatic hydroxyl groups is 1. The fourth-order valence-electron chi connectivity index (χ4n) is 1.69. The van der Waals surface area contributed by atoms with Crippen molar-refractivity contribution in [2.45, 2.75) is 59.6 Å². The Morgan fingerprint density at radius 3 is 2.25 bits per heavy atom. The quantitative estimate of drug-likeness (QED) is 0.706. The molecule has 0 aromatic heterocycles. The fourth-order valence-corrected chi connectivity index (χ4v) is 1.69. The van der Waals surface area contributed by atoms with Gasteiger partial charge in [-0.05, 0) is 17.8 Å². The maximum atomic E-state index is 9.30. The molecule has 0 rings (SSSR count). The summed E-state index contributed by atoms with van der Waals surface area (Å²) in [6.45, 7) is 11.2. The molecule has 0 aliphatic carbocycles. The third kappa shape index (κ3) is 5.83. The molecule has 3 nitrogen and oxygen atoms in total. The van der Waals surface area contributed by atoms with Crippen LogP contribution in [0.2, 0.25) is 0 Å². The van der Waals surface area contributed by atoms with Gasteiger partial charge < -0.3 is 15.6 Å². The highest BCUT2D eigenvalue weighted by atomic mass is 16.5. The number of nitrogens with two attached hydrogens (primary N) is 1. The van der Waals surface area contributed by atoms with Crippen LogP contribution in [0.15, 0.2) is 0 Å². The fraction of sp³-hybridized carbons (Fsp3) is 1.00. The minimum atomic E-state index is -0.251. The Kier molecular flexibility index (Phi) is 7.20. The standard InChI is InChI=1S/C13H29NO2/c1-6-7-10(2)9-16-11(8-15)12(14)13(3,4)5/h10-12,15H,6-9,14H2,1-5H3. The van der Waals surface area contributed by atoms with Crippen molar-refractivity contribution in [1.29, 1.82) is 0 Å². The van der Waals surface area contributed by atoms with Crippen LogP contribution < -0.4 is 5.73 Å². The molecule has 0 aromatic carbocycles. The van der Waals surface area contributed by atoms with E-state index in [9.17, 15) is 5.11 Å². The smallest absolute Gasteiger partial charge is 0.0961 e.